The maximum atomic E-state index is 12.9. The molecule has 2 aromatic carbocycles. The first-order valence-electron chi connectivity index (χ1n) is 8.45. The largest absolute Gasteiger partial charge is 0.381 e. The van der Waals surface area contributed by atoms with E-state index in [4.69, 9.17) is 0 Å². The van der Waals surface area contributed by atoms with Gasteiger partial charge in [0.1, 0.15) is 0 Å². The number of hydrogen-bond acceptors (Lipinski definition) is 4. The molecule has 2 heterocycles. The predicted molar refractivity (Wildman–Crippen MR) is 95.2 cm³/mol. The van der Waals surface area contributed by atoms with Crippen LogP contribution in [0.2, 0.25) is 0 Å². The lowest BCUT2D eigenvalue weighted by Gasteiger charge is -2.16. The second kappa shape index (κ2) is 5.90. The molecule has 0 aromatic heterocycles. The minimum atomic E-state index is -3.46. The van der Waals surface area contributed by atoms with Gasteiger partial charge in [0.2, 0.25) is 9.84 Å². The van der Waals surface area contributed by atoms with Gasteiger partial charge in [0, 0.05) is 17.6 Å². The SMILES string of the molecule is CN1CCC2Nc3ccc(S(=O)(=O)c4ccccc4)cc3[C@H]2CC1. The van der Waals surface area contributed by atoms with Gasteiger partial charge >= 0.3 is 0 Å². The summed E-state index contributed by atoms with van der Waals surface area (Å²) in [6.45, 7) is 2.13. The average molecular weight is 342 g/mol. The minimum Gasteiger partial charge on any atom is -0.381 e. The lowest BCUT2D eigenvalue weighted by molar-refractivity contribution is 0.346. The van der Waals surface area contributed by atoms with Crippen LogP contribution >= 0.6 is 0 Å². The molecule has 0 aliphatic carbocycles. The van der Waals surface area contributed by atoms with Gasteiger partial charge in [-0.2, -0.15) is 0 Å². The third kappa shape index (κ3) is 2.62. The Labute approximate surface area is 143 Å². The van der Waals surface area contributed by atoms with E-state index in [1.807, 2.05) is 18.2 Å². The Morgan fingerprint density at radius 2 is 1.75 bits per heavy atom. The number of likely N-dealkylation sites (tertiary alicyclic amines) is 1. The normalized spacial score (nSPS) is 23.9. The number of sulfone groups is 1. The standard InChI is InChI=1S/C19H22N2O2S/c1-21-11-9-16-17-13-15(7-8-18(17)20-19(16)10-12-21)24(22,23)14-5-3-2-4-6-14/h2-8,13,16,19-20H,9-12H2,1H3/t16-,19?/m1/s1. The van der Waals surface area contributed by atoms with E-state index in [9.17, 15) is 8.42 Å². The molecule has 0 spiro atoms. The minimum absolute atomic E-state index is 0.355. The van der Waals surface area contributed by atoms with Gasteiger partial charge in [-0.15, -0.1) is 0 Å². The number of benzene rings is 2. The lowest BCUT2D eigenvalue weighted by atomic mass is 9.91. The first kappa shape index (κ1) is 15.7. The van der Waals surface area contributed by atoms with Crippen molar-refractivity contribution in [2.45, 2.75) is 34.6 Å². The smallest absolute Gasteiger partial charge is 0.206 e. The van der Waals surface area contributed by atoms with Crippen LogP contribution in [-0.2, 0) is 9.84 Å². The van der Waals surface area contributed by atoms with E-state index in [0.717, 1.165) is 37.2 Å². The molecule has 0 amide bonds. The van der Waals surface area contributed by atoms with Gasteiger partial charge in [-0.1, -0.05) is 18.2 Å². The highest BCUT2D eigenvalue weighted by Gasteiger charge is 2.34. The highest BCUT2D eigenvalue weighted by atomic mass is 32.2. The van der Waals surface area contributed by atoms with Gasteiger partial charge in [0.05, 0.1) is 9.79 Å². The Balaban J connectivity index is 1.72. The third-order valence-electron chi connectivity index (χ3n) is 5.26. The van der Waals surface area contributed by atoms with Crippen LogP contribution in [0.1, 0.15) is 24.3 Å². The topological polar surface area (TPSA) is 49.4 Å². The second-order valence-electron chi connectivity index (χ2n) is 6.80. The molecule has 0 radical (unpaired) electrons. The summed E-state index contributed by atoms with van der Waals surface area (Å²) in [4.78, 5) is 3.10. The quantitative estimate of drug-likeness (QED) is 0.911. The number of nitrogens with one attached hydrogen (secondary N) is 1. The summed E-state index contributed by atoms with van der Waals surface area (Å²) in [5.74, 6) is 0.399. The molecule has 0 bridgehead atoms. The Bertz CT molecular complexity index is 849. The molecule has 2 atom stereocenters. The van der Waals surface area contributed by atoms with Crippen molar-refractivity contribution in [2.75, 3.05) is 25.5 Å². The molecule has 126 valence electrons. The van der Waals surface area contributed by atoms with Crippen molar-refractivity contribution < 1.29 is 8.42 Å². The monoisotopic (exact) mass is 342 g/mol. The average Bonchev–Trinajstić information content (AvgIpc) is 2.85. The zero-order valence-corrected chi connectivity index (χ0v) is 14.6. The Morgan fingerprint density at radius 3 is 2.54 bits per heavy atom. The summed E-state index contributed by atoms with van der Waals surface area (Å²) in [5, 5.41) is 3.59. The molecule has 4 rings (SSSR count). The van der Waals surface area contributed by atoms with E-state index in [1.54, 1.807) is 30.3 Å². The Morgan fingerprint density at radius 1 is 1.00 bits per heavy atom. The Hall–Kier alpha value is -1.85. The molecule has 1 fully saturated rings. The highest BCUT2D eigenvalue weighted by molar-refractivity contribution is 7.91. The summed E-state index contributed by atoms with van der Waals surface area (Å²) in [5.41, 5.74) is 2.26. The number of rotatable bonds is 2. The van der Waals surface area contributed by atoms with E-state index in [2.05, 4.69) is 17.3 Å². The molecule has 2 aromatic rings. The molecular weight excluding hydrogens is 320 g/mol. The molecule has 2 aliphatic rings. The summed E-state index contributed by atoms with van der Waals surface area (Å²) in [6.07, 6.45) is 2.16. The molecule has 1 unspecified atom stereocenters. The van der Waals surface area contributed by atoms with E-state index in [1.165, 1.54) is 0 Å². The van der Waals surface area contributed by atoms with E-state index < -0.39 is 9.84 Å². The van der Waals surface area contributed by atoms with Crippen molar-refractivity contribution in [1.29, 1.82) is 0 Å². The van der Waals surface area contributed by atoms with Crippen LogP contribution in [-0.4, -0.2) is 39.5 Å². The summed E-state index contributed by atoms with van der Waals surface area (Å²) in [7, 11) is -1.31. The molecular formula is C19H22N2O2S. The van der Waals surface area contributed by atoms with E-state index >= 15 is 0 Å². The first-order valence-corrected chi connectivity index (χ1v) is 9.93. The molecule has 4 nitrogen and oxygen atoms in total. The van der Waals surface area contributed by atoms with Crippen LogP contribution in [0.5, 0.6) is 0 Å². The van der Waals surface area contributed by atoms with Crippen molar-refractivity contribution in [3.63, 3.8) is 0 Å². The molecule has 24 heavy (non-hydrogen) atoms. The first-order chi connectivity index (χ1) is 11.6. The summed E-state index contributed by atoms with van der Waals surface area (Å²) >= 11 is 0. The van der Waals surface area contributed by atoms with Gasteiger partial charge in [0.15, 0.2) is 0 Å². The molecule has 0 saturated carbocycles. The zero-order valence-electron chi connectivity index (χ0n) is 13.8. The number of anilines is 1. The number of hydrogen-bond donors (Lipinski definition) is 1. The van der Waals surface area contributed by atoms with Gasteiger partial charge in [-0.3, -0.25) is 0 Å². The fourth-order valence-electron chi connectivity index (χ4n) is 3.86. The fraction of sp³-hybridized carbons (Fsp3) is 0.368. The highest BCUT2D eigenvalue weighted by Crippen LogP contribution is 2.42. The lowest BCUT2D eigenvalue weighted by Crippen LogP contribution is -2.22. The Kier molecular flexibility index (Phi) is 3.85. The summed E-state index contributed by atoms with van der Waals surface area (Å²) < 4.78 is 25.8. The van der Waals surface area contributed by atoms with Crippen LogP contribution < -0.4 is 5.32 Å². The van der Waals surface area contributed by atoms with Gasteiger partial charge in [-0.25, -0.2) is 8.42 Å². The summed E-state index contributed by atoms with van der Waals surface area (Å²) in [6, 6.07) is 14.6. The van der Waals surface area contributed by atoms with Crippen molar-refractivity contribution in [3.05, 3.63) is 54.1 Å². The van der Waals surface area contributed by atoms with Crippen LogP contribution in [0.25, 0.3) is 0 Å². The predicted octanol–water partition coefficient (Wildman–Crippen LogP) is 3.12. The van der Waals surface area contributed by atoms with Crippen LogP contribution in [0.4, 0.5) is 5.69 Å². The van der Waals surface area contributed by atoms with Gasteiger partial charge in [0.25, 0.3) is 0 Å². The second-order valence-corrected chi connectivity index (χ2v) is 8.75. The van der Waals surface area contributed by atoms with Gasteiger partial charge < -0.3 is 10.2 Å². The van der Waals surface area contributed by atoms with Crippen LogP contribution in [0, 0.1) is 0 Å². The van der Waals surface area contributed by atoms with Gasteiger partial charge in [-0.05, 0) is 68.9 Å². The molecule has 1 N–H and O–H groups in total. The van der Waals surface area contributed by atoms with Crippen molar-refractivity contribution in [1.82, 2.24) is 4.90 Å². The maximum absolute atomic E-state index is 12.9. The van der Waals surface area contributed by atoms with Crippen LogP contribution in [0.3, 0.4) is 0 Å². The van der Waals surface area contributed by atoms with Crippen molar-refractivity contribution in [3.8, 4) is 0 Å². The fourth-order valence-corrected chi connectivity index (χ4v) is 5.18. The molecule has 5 heteroatoms. The third-order valence-corrected chi connectivity index (χ3v) is 7.02. The zero-order chi connectivity index (χ0) is 16.7. The molecule has 2 aliphatic heterocycles. The van der Waals surface area contributed by atoms with E-state index in [0.29, 0.717) is 21.8 Å². The van der Waals surface area contributed by atoms with E-state index in [-0.39, 0.29) is 0 Å². The van der Waals surface area contributed by atoms with Crippen molar-refractivity contribution >= 4 is 15.5 Å². The van der Waals surface area contributed by atoms with Crippen molar-refractivity contribution in [2.24, 2.45) is 0 Å². The number of fused-ring (bicyclic) bond motifs is 3. The number of nitrogens with zero attached hydrogens (tertiary/aromatic N) is 1. The van der Waals surface area contributed by atoms with Crippen LogP contribution in [0.15, 0.2) is 58.3 Å². The molecule has 1 saturated heterocycles. The maximum Gasteiger partial charge on any atom is 0.206 e.